The van der Waals surface area contributed by atoms with Gasteiger partial charge in [-0.3, -0.25) is 4.68 Å². The van der Waals surface area contributed by atoms with Crippen molar-refractivity contribution in [1.82, 2.24) is 20.3 Å². The zero-order valence-electron chi connectivity index (χ0n) is 11.6. The molecule has 0 spiro atoms. The highest BCUT2D eigenvalue weighted by Gasteiger charge is 2.11. The van der Waals surface area contributed by atoms with Gasteiger partial charge in [-0.05, 0) is 37.8 Å². The molecule has 1 rings (SSSR count). The van der Waals surface area contributed by atoms with Crippen molar-refractivity contribution < 1.29 is 0 Å². The highest BCUT2D eigenvalue weighted by atomic mass is 15.4. The lowest BCUT2D eigenvalue weighted by Gasteiger charge is -2.16. The first-order valence-electron chi connectivity index (χ1n) is 6.67. The van der Waals surface area contributed by atoms with Gasteiger partial charge in [-0.2, -0.15) is 0 Å². The minimum absolute atomic E-state index is 0.676. The molecule has 1 aromatic rings. The maximum atomic E-state index is 4.17. The summed E-state index contributed by atoms with van der Waals surface area (Å²) in [5.41, 5.74) is 1.11. The second kappa shape index (κ2) is 7.43. The molecule has 0 aliphatic rings. The predicted molar refractivity (Wildman–Crippen MR) is 70.8 cm³/mol. The number of hydrogen-bond acceptors (Lipinski definition) is 3. The van der Waals surface area contributed by atoms with Crippen LogP contribution in [0.1, 0.15) is 39.3 Å². The first-order chi connectivity index (χ1) is 8.11. The number of rotatable bonds is 8. The van der Waals surface area contributed by atoms with E-state index in [0.717, 1.165) is 25.2 Å². The molecule has 0 amide bonds. The zero-order chi connectivity index (χ0) is 12.7. The maximum absolute atomic E-state index is 4.17. The van der Waals surface area contributed by atoms with Crippen LogP contribution in [-0.4, -0.2) is 28.1 Å². The molecule has 1 unspecified atom stereocenters. The molecular formula is C13H26N4. The van der Waals surface area contributed by atoms with Gasteiger partial charge in [0.1, 0.15) is 0 Å². The van der Waals surface area contributed by atoms with Crippen LogP contribution in [-0.2, 0) is 13.5 Å². The van der Waals surface area contributed by atoms with Gasteiger partial charge >= 0.3 is 0 Å². The number of aromatic nitrogens is 3. The Morgan fingerprint density at radius 3 is 2.65 bits per heavy atom. The van der Waals surface area contributed by atoms with Crippen molar-refractivity contribution in [2.24, 2.45) is 18.9 Å². The molecule has 1 atom stereocenters. The summed E-state index contributed by atoms with van der Waals surface area (Å²) in [4.78, 5) is 0. The lowest BCUT2D eigenvalue weighted by molar-refractivity contribution is 0.418. The van der Waals surface area contributed by atoms with Gasteiger partial charge in [-0.15, -0.1) is 5.10 Å². The van der Waals surface area contributed by atoms with Crippen molar-refractivity contribution in [1.29, 1.82) is 0 Å². The van der Waals surface area contributed by atoms with Gasteiger partial charge in [0.25, 0.3) is 0 Å². The van der Waals surface area contributed by atoms with Gasteiger partial charge in [0.05, 0.1) is 5.69 Å². The normalized spacial score (nSPS) is 13.2. The summed E-state index contributed by atoms with van der Waals surface area (Å²) in [5.74, 6) is 1.39. The Hall–Kier alpha value is -0.900. The van der Waals surface area contributed by atoms with E-state index in [1.54, 1.807) is 4.68 Å². The standard InChI is InChI=1S/C13H26N4/c1-5-6-12(9-14-8-11(2)3)7-13-10-17(4)16-15-13/h10-12,14H,5-9H2,1-4H3. The van der Waals surface area contributed by atoms with Gasteiger partial charge < -0.3 is 5.32 Å². The van der Waals surface area contributed by atoms with Gasteiger partial charge in [-0.25, -0.2) is 0 Å². The van der Waals surface area contributed by atoms with E-state index in [1.807, 2.05) is 13.2 Å². The highest BCUT2D eigenvalue weighted by molar-refractivity contribution is 4.94. The maximum Gasteiger partial charge on any atom is 0.0830 e. The van der Waals surface area contributed by atoms with E-state index in [0.29, 0.717) is 11.8 Å². The monoisotopic (exact) mass is 238 g/mol. The zero-order valence-corrected chi connectivity index (χ0v) is 11.6. The van der Waals surface area contributed by atoms with Crippen LogP contribution in [0.25, 0.3) is 0 Å². The Morgan fingerprint density at radius 1 is 1.35 bits per heavy atom. The summed E-state index contributed by atoms with van der Waals surface area (Å²) >= 11 is 0. The number of nitrogens with zero attached hydrogens (tertiary/aromatic N) is 3. The number of aryl methyl sites for hydroxylation is 1. The molecule has 1 aromatic heterocycles. The van der Waals surface area contributed by atoms with Crippen molar-refractivity contribution >= 4 is 0 Å². The smallest absolute Gasteiger partial charge is 0.0830 e. The van der Waals surface area contributed by atoms with Crippen molar-refractivity contribution in [3.63, 3.8) is 0 Å². The average molecular weight is 238 g/mol. The van der Waals surface area contributed by atoms with Crippen molar-refractivity contribution in [3.8, 4) is 0 Å². The minimum atomic E-state index is 0.676. The largest absolute Gasteiger partial charge is 0.316 e. The van der Waals surface area contributed by atoms with Gasteiger partial charge in [0.15, 0.2) is 0 Å². The quantitative estimate of drug-likeness (QED) is 0.753. The fourth-order valence-electron chi connectivity index (χ4n) is 2.05. The van der Waals surface area contributed by atoms with Crippen LogP contribution in [0.5, 0.6) is 0 Å². The lowest BCUT2D eigenvalue weighted by atomic mass is 9.98. The Morgan fingerprint density at radius 2 is 2.12 bits per heavy atom. The van der Waals surface area contributed by atoms with Crippen molar-refractivity contribution in [3.05, 3.63) is 11.9 Å². The predicted octanol–water partition coefficient (Wildman–Crippen LogP) is 2.02. The third-order valence-electron chi connectivity index (χ3n) is 2.83. The third kappa shape index (κ3) is 5.82. The summed E-state index contributed by atoms with van der Waals surface area (Å²) in [7, 11) is 1.92. The average Bonchev–Trinajstić information content (AvgIpc) is 2.63. The van der Waals surface area contributed by atoms with E-state index in [2.05, 4.69) is 36.4 Å². The molecule has 0 saturated carbocycles. The van der Waals surface area contributed by atoms with E-state index >= 15 is 0 Å². The van der Waals surface area contributed by atoms with Crippen LogP contribution in [0.4, 0.5) is 0 Å². The first kappa shape index (κ1) is 14.2. The topological polar surface area (TPSA) is 42.7 Å². The Kier molecular flexibility index (Phi) is 6.19. The Balaban J connectivity index is 2.37. The first-order valence-corrected chi connectivity index (χ1v) is 6.67. The van der Waals surface area contributed by atoms with E-state index in [-0.39, 0.29) is 0 Å². The van der Waals surface area contributed by atoms with E-state index in [1.165, 1.54) is 12.8 Å². The van der Waals surface area contributed by atoms with Crippen LogP contribution in [0.2, 0.25) is 0 Å². The molecule has 1 heterocycles. The molecule has 0 bridgehead atoms. The molecule has 0 radical (unpaired) electrons. The molecule has 1 N–H and O–H groups in total. The second-order valence-corrected chi connectivity index (χ2v) is 5.29. The second-order valence-electron chi connectivity index (χ2n) is 5.29. The van der Waals surface area contributed by atoms with Crippen LogP contribution < -0.4 is 5.32 Å². The summed E-state index contributed by atoms with van der Waals surface area (Å²) < 4.78 is 1.78. The summed E-state index contributed by atoms with van der Waals surface area (Å²) in [6, 6.07) is 0. The highest BCUT2D eigenvalue weighted by Crippen LogP contribution is 2.11. The van der Waals surface area contributed by atoms with Gasteiger partial charge in [0, 0.05) is 13.2 Å². The van der Waals surface area contributed by atoms with Crippen LogP contribution in [0.3, 0.4) is 0 Å². The molecule has 4 nitrogen and oxygen atoms in total. The van der Waals surface area contributed by atoms with Gasteiger partial charge in [0.2, 0.25) is 0 Å². The summed E-state index contributed by atoms with van der Waals surface area (Å²) in [6.45, 7) is 8.91. The minimum Gasteiger partial charge on any atom is -0.316 e. The summed E-state index contributed by atoms with van der Waals surface area (Å²) in [5, 5.41) is 11.7. The van der Waals surface area contributed by atoms with Crippen LogP contribution in [0, 0.1) is 11.8 Å². The Labute approximate surface area is 105 Å². The SMILES string of the molecule is CCCC(CNCC(C)C)Cc1cn(C)nn1. The molecule has 17 heavy (non-hydrogen) atoms. The molecule has 0 aromatic carbocycles. The summed E-state index contributed by atoms with van der Waals surface area (Å²) in [6.07, 6.45) is 5.54. The van der Waals surface area contributed by atoms with E-state index < -0.39 is 0 Å². The van der Waals surface area contributed by atoms with Gasteiger partial charge in [-0.1, -0.05) is 32.4 Å². The Bertz CT molecular complexity index is 306. The fourth-order valence-corrected chi connectivity index (χ4v) is 2.05. The molecule has 4 heteroatoms. The third-order valence-corrected chi connectivity index (χ3v) is 2.83. The number of nitrogens with one attached hydrogen (secondary N) is 1. The molecule has 0 fully saturated rings. The fraction of sp³-hybridized carbons (Fsp3) is 0.846. The molecule has 98 valence electrons. The molecule has 0 aliphatic heterocycles. The molecule has 0 aliphatic carbocycles. The lowest BCUT2D eigenvalue weighted by Crippen LogP contribution is -2.27. The van der Waals surface area contributed by atoms with Crippen LogP contribution in [0.15, 0.2) is 6.20 Å². The molecular weight excluding hydrogens is 212 g/mol. The van der Waals surface area contributed by atoms with E-state index in [9.17, 15) is 0 Å². The van der Waals surface area contributed by atoms with E-state index in [4.69, 9.17) is 0 Å². The van der Waals surface area contributed by atoms with Crippen molar-refractivity contribution in [2.75, 3.05) is 13.1 Å². The van der Waals surface area contributed by atoms with Crippen LogP contribution >= 0.6 is 0 Å². The van der Waals surface area contributed by atoms with Crippen molar-refractivity contribution in [2.45, 2.75) is 40.0 Å². The molecule has 0 saturated heterocycles. The number of hydrogen-bond donors (Lipinski definition) is 1.